The van der Waals surface area contributed by atoms with Crippen LogP contribution in [0.25, 0.3) is 11.1 Å². The molecule has 0 saturated heterocycles. The van der Waals surface area contributed by atoms with E-state index in [1.54, 1.807) is 7.11 Å². The molecule has 0 aliphatic heterocycles. The van der Waals surface area contributed by atoms with E-state index in [4.69, 9.17) is 9.84 Å². The van der Waals surface area contributed by atoms with Gasteiger partial charge in [0.2, 0.25) is 0 Å². The first-order valence-electron chi connectivity index (χ1n) is 10.6. The third kappa shape index (κ3) is 3.31. The Morgan fingerprint density at radius 3 is 2.10 bits per heavy atom. The zero-order valence-electron chi connectivity index (χ0n) is 16.8. The fourth-order valence-electron chi connectivity index (χ4n) is 6.61. The average molecular weight is 386 g/mol. The molecule has 0 radical (unpaired) electrons. The third-order valence-corrected chi connectivity index (χ3v) is 7.34. The maximum Gasteiger partial charge on any atom is 0.382 e. The summed E-state index contributed by atoms with van der Waals surface area (Å²) in [5.74, 6) is 7.43. The number of ether oxygens (including phenoxy) is 1. The summed E-state index contributed by atoms with van der Waals surface area (Å²) in [6.45, 7) is 0. The summed E-state index contributed by atoms with van der Waals surface area (Å²) in [5, 5.41) is 8.72. The van der Waals surface area contributed by atoms with Crippen molar-refractivity contribution in [1.82, 2.24) is 0 Å². The predicted molar refractivity (Wildman–Crippen MR) is 113 cm³/mol. The monoisotopic (exact) mass is 386 g/mol. The second-order valence-corrected chi connectivity index (χ2v) is 9.25. The first-order chi connectivity index (χ1) is 14.0. The summed E-state index contributed by atoms with van der Waals surface area (Å²) in [6, 6.07) is 14.4. The number of hydrogen-bond donors (Lipinski definition) is 1. The fraction of sp³-hybridized carbons (Fsp3) is 0.423. The molecule has 0 unspecified atom stereocenters. The van der Waals surface area contributed by atoms with Crippen LogP contribution in [0.5, 0.6) is 5.75 Å². The van der Waals surface area contributed by atoms with E-state index in [2.05, 4.69) is 30.0 Å². The van der Waals surface area contributed by atoms with Crippen LogP contribution in [-0.2, 0) is 10.2 Å². The highest BCUT2D eigenvalue weighted by atomic mass is 16.5. The molecule has 2 aromatic carbocycles. The van der Waals surface area contributed by atoms with E-state index in [0.717, 1.165) is 29.1 Å². The maximum atomic E-state index is 10.6. The summed E-state index contributed by atoms with van der Waals surface area (Å²) in [7, 11) is 1.79. The van der Waals surface area contributed by atoms with E-state index in [1.165, 1.54) is 49.7 Å². The van der Waals surface area contributed by atoms with Crippen molar-refractivity contribution < 1.29 is 14.6 Å². The van der Waals surface area contributed by atoms with Gasteiger partial charge >= 0.3 is 5.97 Å². The van der Waals surface area contributed by atoms with Crippen LogP contribution in [0.1, 0.15) is 49.7 Å². The summed E-state index contributed by atoms with van der Waals surface area (Å²) in [6.07, 6.45) is 8.22. The quantitative estimate of drug-likeness (QED) is 0.732. The first kappa shape index (κ1) is 18.3. The highest BCUT2D eigenvalue weighted by molar-refractivity contribution is 5.87. The molecule has 148 valence electrons. The van der Waals surface area contributed by atoms with Gasteiger partial charge in [-0.2, -0.15) is 0 Å². The van der Waals surface area contributed by atoms with Crippen LogP contribution in [0.15, 0.2) is 42.5 Å². The van der Waals surface area contributed by atoms with E-state index in [-0.39, 0.29) is 5.41 Å². The molecule has 0 spiro atoms. The van der Waals surface area contributed by atoms with Gasteiger partial charge in [0, 0.05) is 17.0 Å². The lowest BCUT2D eigenvalue weighted by atomic mass is 9.48. The van der Waals surface area contributed by atoms with Crippen molar-refractivity contribution in [2.75, 3.05) is 7.11 Å². The van der Waals surface area contributed by atoms with Gasteiger partial charge in [0.05, 0.1) is 7.11 Å². The Labute approximate surface area is 172 Å². The van der Waals surface area contributed by atoms with Crippen LogP contribution in [0.4, 0.5) is 0 Å². The van der Waals surface area contributed by atoms with Gasteiger partial charge in [0.1, 0.15) is 5.75 Å². The Hall–Kier alpha value is -2.73. The molecule has 3 heteroatoms. The number of methoxy groups -OCH3 is 1. The number of rotatable bonds is 3. The Kier molecular flexibility index (Phi) is 4.39. The zero-order valence-corrected chi connectivity index (χ0v) is 16.8. The highest BCUT2D eigenvalue weighted by Crippen LogP contribution is 2.62. The van der Waals surface area contributed by atoms with Gasteiger partial charge in [-0.1, -0.05) is 24.1 Å². The van der Waals surface area contributed by atoms with Crippen molar-refractivity contribution in [1.29, 1.82) is 0 Å². The largest absolute Gasteiger partial charge is 0.496 e. The second-order valence-electron chi connectivity index (χ2n) is 9.25. The van der Waals surface area contributed by atoms with Gasteiger partial charge in [-0.3, -0.25) is 0 Å². The lowest BCUT2D eigenvalue weighted by Gasteiger charge is -2.57. The minimum Gasteiger partial charge on any atom is -0.496 e. The molecular formula is C26H26O3. The van der Waals surface area contributed by atoms with Gasteiger partial charge in [-0.25, -0.2) is 4.79 Å². The summed E-state index contributed by atoms with van der Waals surface area (Å²) in [4.78, 5) is 10.6. The SMILES string of the molecule is COc1ccc(-c2ccc(C#CC(=O)O)cc2)cc1C12CC3CC(CC(C3)C1)C2. The molecule has 4 fully saturated rings. The van der Waals surface area contributed by atoms with Crippen LogP contribution in [0, 0.1) is 29.6 Å². The lowest BCUT2D eigenvalue weighted by molar-refractivity contribution is -0.130. The summed E-state index contributed by atoms with van der Waals surface area (Å²) < 4.78 is 5.83. The van der Waals surface area contributed by atoms with Gasteiger partial charge in [-0.05, 0) is 97.1 Å². The summed E-state index contributed by atoms with van der Waals surface area (Å²) in [5.41, 5.74) is 4.70. The number of carboxylic acids is 1. The van der Waals surface area contributed by atoms with Gasteiger partial charge in [0.25, 0.3) is 0 Å². The molecule has 0 atom stereocenters. The predicted octanol–water partition coefficient (Wildman–Crippen LogP) is 5.27. The Morgan fingerprint density at radius 1 is 0.966 bits per heavy atom. The third-order valence-electron chi connectivity index (χ3n) is 7.34. The Balaban J connectivity index is 1.51. The zero-order chi connectivity index (χ0) is 20.0. The topological polar surface area (TPSA) is 46.5 Å². The molecule has 4 saturated carbocycles. The highest BCUT2D eigenvalue weighted by Gasteiger charge is 2.52. The standard InChI is InChI=1S/C26H26O3/c1-29-24-8-7-22(21-5-2-17(3-6-21)4-9-25(27)28)13-23(24)26-14-18-10-19(15-26)12-20(11-18)16-26/h2-3,5-8,13,18-20H,10-12,14-16H2,1H3,(H,27,28). The van der Waals surface area contributed by atoms with E-state index in [9.17, 15) is 4.79 Å². The molecule has 0 amide bonds. The van der Waals surface area contributed by atoms with Crippen molar-refractivity contribution in [2.45, 2.75) is 43.9 Å². The number of carbonyl (C=O) groups is 1. The second kappa shape index (κ2) is 6.95. The van der Waals surface area contributed by atoms with Crippen LogP contribution in [0.3, 0.4) is 0 Å². The van der Waals surface area contributed by atoms with Crippen LogP contribution in [-0.4, -0.2) is 18.2 Å². The molecule has 0 heterocycles. The van der Waals surface area contributed by atoms with E-state index in [0.29, 0.717) is 5.56 Å². The number of hydrogen-bond acceptors (Lipinski definition) is 2. The van der Waals surface area contributed by atoms with Crippen LogP contribution >= 0.6 is 0 Å². The minimum atomic E-state index is -1.11. The van der Waals surface area contributed by atoms with Gasteiger partial charge in [-0.15, -0.1) is 0 Å². The van der Waals surface area contributed by atoms with Crippen LogP contribution < -0.4 is 4.74 Å². The molecule has 3 nitrogen and oxygen atoms in total. The molecule has 1 N–H and O–H groups in total. The number of carboxylic acid groups (broad SMARTS) is 1. The number of aliphatic carboxylic acids is 1. The molecule has 4 aliphatic carbocycles. The Bertz CT molecular complexity index is 971. The van der Waals surface area contributed by atoms with Gasteiger partial charge in [0.15, 0.2) is 0 Å². The van der Waals surface area contributed by atoms with E-state index in [1.807, 2.05) is 24.3 Å². The van der Waals surface area contributed by atoms with E-state index >= 15 is 0 Å². The molecule has 4 bridgehead atoms. The molecule has 4 aliphatic rings. The number of benzene rings is 2. The molecule has 6 rings (SSSR count). The molecule has 0 aromatic heterocycles. The van der Waals surface area contributed by atoms with Crippen molar-refractivity contribution in [2.24, 2.45) is 17.8 Å². The van der Waals surface area contributed by atoms with E-state index < -0.39 is 5.97 Å². The molecule has 29 heavy (non-hydrogen) atoms. The van der Waals surface area contributed by atoms with Crippen molar-refractivity contribution in [3.63, 3.8) is 0 Å². The van der Waals surface area contributed by atoms with Crippen molar-refractivity contribution in [3.8, 4) is 28.7 Å². The summed E-state index contributed by atoms with van der Waals surface area (Å²) >= 11 is 0. The molecule has 2 aromatic rings. The van der Waals surface area contributed by atoms with Crippen LogP contribution in [0.2, 0.25) is 0 Å². The van der Waals surface area contributed by atoms with Crippen molar-refractivity contribution >= 4 is 5.97 Å². The van der Waals surface area contributed by atoms with Gasteiger partial charge < -0.3 is 9.84 Å². The lowest BCUT2D eigenvalue weighted by Crippen LogP contribution is -2.48. The molecular weight excluding hydrogens is 360 g/mol. The van der Waals surface area contributed by atoms with Crippen molar-refractivity contribution in [3.05, 3.63) is 53.6 Å². The fourth-order valence-corrected chi connectivity index (χ4v) is 6.61. The first-order valence-corrected chi connectivity index (χ1v) is 10.6. The maximum absolute atomic E-state index is 10.6. The Morgan fingerprint density at radius 2 is 1.55 bits per heavy atom. The normalized spacial score (nSPS) is 29.2. The minimum absolute atomic E-state index is 0.281. The average Bonchev–Trinajstić information content (AvgIpc) is 2.71. The smallest absolute Gasteiger partial charge is 0.382 e.